The second kappa shape index (κ2) is 8.24. The highest BCUT2D eigenvalue weighted by Crippen LogP contribution is 2.22. The lowest BCUT2D eigenvalue weighted by molar-refractivity contribution is -0.137. The number of carbonyl (C=O) groups excluding carboxylic acids is 3. The van der Waals surface area contributed by atoms with E-state index in [4.69, 9.17) is 5.21 Å². The van der Waals surface area contributed by atoms with Gasteiger partial charge in [0.1, 0.15) is 0 Å². The number of nitrogens with zero attached hydrogens (tertiary/aromatic N) is 1. The van der Waals surface area contributed by atoms with Crippen molar-refractivity contribution in [3.63, 3.8) is 0 Å². The Bertz CT molecular complexity index is 610. The van der Waals surface area contributed by atoms with Crippen LogP contribution in [0, 0.1) is 0 Å². The highest BCUT2D eigenvalue weighted by Gasteiger charge is 2.32. The number of hydrogen-bond donors (Lipinski definition) is 2. The summed E-state index contributed by atoms with van der Waals surface area (Å²) in [5, 5.41) is 8.38. The monoisotopic (exact) mass is 316 g/mol. The summed E-state index contributed by atoms with van der Waals surface area (Å²) in [5.74, 6) is -0.830. The SMILES string of the molecule is O=C(CCCCCN1C(=O)C/C(=C\c2ccccc2)C1=O)NO. The standard InChI is InChI=1S/C17H20N2O4/c20-15(18-23)9-5-2-6-10-19-16(21)12-14(17(19)22)11-13-7-3-1-4-8-13/h1,3-4,7-8,11,23H,2,5-6,9-10,12H2,(H,18,20)/b14-11+. The van der Waals surface area contributed by atoms with Crippen LogP contribution in [0.3, 0.4) is 0 Å². The van der Waals surface area contributed by atoms with Gasteiger partial charge in [0, 0.05) is 18.5 Å². The molecule has 0 atom stereocenters. The number of amides is 3. The fraction of sp³-hybridized carbons (Fsp3) is 0.353. The van der Waals surface area contributed by atoms with Gasteiger partial charge in [-0.2, -0.15) is 0 Å². The zero-order chi connectivity index (χ0) is 16.7. The van der Waals surface area contributed by atoms with Gasteiger partial charge >= 0.3 is 0 Å². The van der Waals surface area contributed by atoms with Crippen molar-refractivity contribution in [3.05, 3.63) is 41.5 Å². The number of benzene rings is 1. The van der Waals surface area contributed by atoms with Crippen molar-refractivity contribution in [2.45, 2.75) is 32.1 Å². The molecular weight excluding hydrogens is 296 g/mol. The van der Waals surface area contributed by atoms with E-state index in [0.717, 1.165) is 5.56 Å². The molecular formula is C17H20N2O4. The highest BCUT2D eigenvalue weighted by molar-refractivity contribution is 6.15. The summed E-state index contributed by atoms with van der Waals surface area (Å²) in [6.07, 6.45) is 4.09. The molecule has 0 radical (unpaired) electrons. The van der Waals surface area contributed by atoms with Gasteiger partial charge in [-0.25, -0.2) is 5.48 Å². The fourth-order valence-electron chi connectivity index (χ4n) is 2.50. The van der Waals surface area contributed by atoms with Crippen LogP contribution in [0.2, 0.25) is 0 Å². The molecule has 1 aliphatic heterocycles. The zero-order valence-electron chi connectivity index (χ0n) is 12.8. The molecule has 1 aliphatic rings. The third kappa shape index (κ3) is 4.75. The lowest BCUT2D eigenvalue weighted by atomic mass is 10.1. The van der Waals surface area contributed by atoms with Crippen LogP contribution < -0.4 is 5.48 Å². The molecule has 0 saturated carbocycles. The Morgan fingerprint density at radius 3 is 2.61 bits per heavy atom. The van der Waals surface area contributed by atoms with Gasteiger partial charge in [-0.1, -0.05) is 36.8 Å². The maximum absolute atomic E-state index is 12.3. The molecule has 1 fully saturated rings. The molecule has 2 rings (SSSR count). The molecule has 1 aromatic carbocycles. The number of hydroxylamine groups is 1. The average molecular weight is 316 g/mol. The number of hydrogen-bond acceptors (Lipinski definition) is 4. The van der Waals surface area contributed by atoms with Gasteiger partial charge in [-0.15, -0.1) is 0 Å². The fourth-order valence-corrected chi connectivity index (χ4v) is 2.50. The summed E-state index contributed by atoms with van der Waals surface area (Å²) >= 11 is 0. The molecule has 0 aromatic heterocycles. The number of imide groups is 1. The van der Waals surface area contributed by atoms with Gasteiger partial charge in [-0.3, -0.25) is 24.5 Å². The van der Waals surface area contributed by atoms with E-state index < -0.39 is 5.91 Å². The second-order valence-corrected chi connectivity index (χ2v) is 5.45. The number of unbranched alkanes of at least 4 members (excludes halogenated alkanes) is 2. The Labute approximate surface area is 134 Å². The van der Waals surface area contributed by atoms with Crippen molar-refractivity contribution < 1.29 is 19.6 Å². The van der Waals surface area contributed by atoms with Crippen LogP contribution in [0.15, 0.2) is 35.9 Å². The van der Waals surface area contributed by atoms with Gasteiger partial charge in [0.25, 0.3) is 5.91 Å². The van der Waals surface area contributed by atoms with Crippen LogP contribution in [-0.2, 0) is 14.4 Å². The first-order chi connectivity index (χ1) is 11.1. The summed E-state index contributed by atoms with van der Waals surface area (Å²) in [6, 6.07) is 9.44. The molecule has 6 nitrogen and oxygen atoms in total. The summed E-state index contributed by atoms with van der Waals surface area (Å²) in [7, 11) is 0. The summed E-state index contributed by atoms with van der Waals surface area (Å²) in [4.78, 5) is 36.4. The average Bonchev–Trinajstić information content (AvgIpc) is 2.82. The van der Waals surface area contributed by atoms with Crippen molar-refractivity contribution in [1.29, 1.82) is 0 Å². The van der Waals surface area contributed by atoms with Crippen LogP contribution in [0.25, 0.3) is 6.08 Å². The smallest absolute Gasteiger partial charge is 0.256 e. The molecule has 2 N–H and O–H groups in total. The minimum absolute atomic E-state index is 0.140. The van der Waals surface area contributed by atoms with E-state index in [1.54, 1.807) is 11.6 Å². The highest BCUT2D eigenvalue weighted by atomic mass is 16.5. The van der Waals surface area contributed by atoms with Crippen molar-refractivity contribution in [3.8, 4) is 0 Å². The molecule has 0 bridgehead atoms. The van der Waals surface area contributed by atoms with E-state index in [9.17, 15) is 14.4 Å². The molecule has 3 amide bonds. The molecule has 0 unspecified atom stereocenters. The summed E-state index contributed by atoms with van der Waals surface area (Å²) in [6.45, 7) is 0.366. The van der Waals surface area contributed by atoms with Crippen LogP contribution in [-0.4, -0.2) is 34.4 Å². The second-order valence-electron chi connectivity index (χ2n) is 5.45. The van der Waals surface area contributed by atoms with Gasteiger partial charge in [0.15, 0.2) is 0 Å². The molecule has 0 aliphatic carbocycles. The van der Waals surface area contributed by atoms with Crippen molar-refractivity contribution in [2.24, 2.45) is 0 Å². The molecule has 0 spiro atoms. The maximum Gasteiger partial charge on any atom is 0.256 e. The summed E-state index contributed by atoms with van der Waals surface area (Å²) in [5.41, 5.74) is 2.99. The minimum atomic E-state index is -0.425. The van der Waals surface area contributed by atoms with E-state index in [2.05, 4.69) is 0 Å². The van der Waals surface area contributed by atoms with Crippen molar-refractivity contribution >= 4 is 23.8 Å². The third-order valence-electron chi connectivity index (χ3n) is 3.71. The molecule has 23 heavy (non-hydrogen) atoms. The third-order valence-corrected chi connectivity index (χ3v) is 3.71. The van der Waals surface area contributed by atoms with E-state index in [1.165, 1.54) is 4.90 Å². The van der Waals surface area contributed by atoms with Crippen LogP contribution >= 0.6 is 0 Å². The Hall–Kier alpha value is -2.47. The largest absolute Gasteiger partial charge is 0.289 e. The number of nitrogens with one attached hydrogen (secondary N) is 1. The quantitative estimate of drug-likeness (QED) is 0.264. The van der Waals surface area contributed by atoms with Crippen LogP contribution in [0.5, 0.6) is 0 Å². The number of likely N-dealkylation sites (tertiary alicyclic amines) is 1. The first kappa shape index (κ1) is 16.9. The van der Waals surface area contributed by atoms with Crippen LogP contribution in [0.1, 0.15) is 37.7 Å². The predicted molar refractivity (Wildman–Crippen MR) is 84.2 cm³/mol. The molecule has 122 valence electrons. The Morgan fingerprint density at radius 2 is 1.91 bits per heavy atom. The maximum atomic E-state index is 12.3. The lowest BCUT2D eigenvalue weighted by Gasteiger charge is -2.12. The van der Waals surface area contributed by atoms with Gasteiger partial charge in [0.2, 0.25) is 11.8 Å². The molecule has 1 saturated heterocycles. The van der Waals surface area contributed by atoms with Gasteiger partial charge in [-0.05, 0) is 24.5 Å². The lowest BCUT2D eigenvalue weighted by Crippen LogP contribution is -2.30. The number of carbonyl (C=O) groups is 3. The number of rotatable bonds is 7. The molecule has 1 heterocycles. The van der Waals surface area contributed by atoms with Crippen molar-refractivity contribution in [1.82, 2.24) is 10.4 Å². The Balaban J connectivity index is 1.84. The minimum Gasteiger partial charge on any atom is -0.289 e. The van der Waals surface area contributed by atoms with E-state index in [0.29, 0.717) is 31.4 Å². The Morgan fingerprint density at radius 1 is 1.17 bits per heavy atom. The van der Waals surface area contributed by atoms with Crippen molar-refractivity contribution in [2.75, 3.05) is 6.54 Å². The normalized spacial score (nSPS) is 16.2. The molecule has 1 aromatic rings. The van der Waals surface area contributed by atoms with E-state index in [-0.39, 0.29) is 24.7 Å². The first-order valence-electron chi connectivity index (χ1n) is 7.65. The zero-order valence-corrected chi connectivity index (χ0v) is 12.8. The van der Waals surface area contributed by atoms with Crippen LogP contribution in [0.4, 0.5) is 0 Å². The van der Waals surface area contributed by atoms with Gasteiger partial charge < -0.3 is 0 Å². The molecule has 6 heteroatoms. The summed E-state index contributed by atoms with van der Waals surface area (Å²) < 4.78 is 0. The first-order valence-corrected chi connectivity index (χ1v) is 7.65. The topological polar surface area (TPSA) is 86.7 Å². The van der Waals surface area contributed by atoms with E-state index >= 15 is 0 Å². The predicted octanol–water partition coefficient (Wildman–Crippen LogP) is 1.89. The van der Waals surface area contributed by atoms with E-state index in [1.807, 2.05) is 30.3 Å². The Kier molecular flexibility index (Phi) is 6.05. The van der Waals surface area contributed by atoms with Gasteiger partial charge in [0.05, 0.1) is 6.42 Å².